The molecular weight excluding hydrogens is 238 g/mol. The quantitative estimate of drug-likeness (QED) is 0.574. The Labute approximate surface area is 89.6 Å². The van der Waals surface area contributed by atoms with Gasteiger partial charge in [0, 0.05) is 13.1 Å². The summed E-state index contributed by atoms with van der Waals surface area (Å²) < 4.78 is 70.9. The normalized spacial score (nSPS) is 13.5. The van der Waals surface area contributed by atoms with E-state index in [0.29, 0.717) is 0 Å². The van der Waals surface area contributed by atoms with Crippen LogP contribution in [-0.2, 0) is 0 Å². The van der Waals surface area contributed by atoms with Crippen molar-refractivity contribution >= 4 is 0 Å². The van der Waals surface area contributed by atoms with Crippen LogP contribution in [0.5, 0.6) is 0 Å². The SMILES string of the molecule is CCN(CCNCC(F)(F)F)CC(F)(F)F. The van der Waals surface area contributed by atoms with Crippen molar-refractivity contribution in [1.29, 1.82) is 0 Å². The Morgan fingerprint density at radius 1 is 1.00 bits per heavy atom. The topological polar surface area (TPSA) is 15.3 Å². The van der Waals surface area contributed by atoms with Crippen molar-refractivity contribution in [3.05, 3.63) is 0 Å². The highest BCUT2D eigenvalue weighted by atomic mass is 19.4. The van der Waals surface area contributed by atoms with E-state index in [4.69, 9.17) is 0 Å². The Morgan fingerprint density at radius 2 is 1.56 bits per heavy atom. The van der Waals surface area contributed by atoms with Crippen LogP contribution in [0, 0.1) is 0 Å². The third kappa shape index (κ3) is 10.0. The molecule has 0 aromatic heterocycles. The van der Waals surface area contributed by atoms with Crippen molar-refractivity contribution in [2.75, 3.05) is 32.7 Å². The first-order valence-electron chi connectivity index (χ1n) is 4.70. The van der Waals surface area contributed by atoms with Crippen molar-refractivity contribution < 1.29 is 26.3 Å². The zero-order valence-electron chi connectivity index (χ0n) is 8.75. The molecule has 0 aliphatic heterocycles. The molecule has 0 atom stereocenters. The van der Waals surface area contributed by atoms with Gasteiger partial charge in [0.25, 0.3) is 0 Å². The number of alkyl halides is 6. The smallest absolute Gasteiger partial charge is 0.307 e. The van der Waals surface area contributed by atoms with Crippen LogP contribution in [0.1, 0.15) is 6.92 Å². The Hall–Kier alpha value is -0.500. The Balaban J connectivity index is 3.72. The fourth-order valence-corrected chi connectivity index (χ4v) is 1.07. The zero-order chi connectivity index (χ0) is 12.8. The lowest BCUT2D eigenvalue weighted by molar-refractivity contribution is -0.146. The van der Waals surface area contributed by atoms with E-state index in [9.17, 15) is 26.3 Å². The Morgan fingerprint density at radius 3 is 1.94 bits per heavy atom. The van der Waals surface area contributed by atoms with Gasteiger partial charge in [-0.2, -0.15) is 26.3 Å². The monoisotopic (exact) mass is 252 g/mol. The second kappa shape index (κ2) is 6.29. The predicted molar refractivity (Wildman–Crippen MR) is 47.1 cm³/mol. The fourth-order valence-electron chi connectivity index (χ4n) is 1.07. The van der Waals surface area contributed by atoms with Crippen molar-refractivity contribution in [3.8, 4) is 0 Å². The van der Waals surface area contributed by atoms with E-state index in [1.165, 1.54) is 6.92 Å². The Kier molecular flexibility index (Phi) is 6.09. The summed E-state index contributed by atoms with van der Waals surface area (Å²) in [4.78, 5) is 1.03. The summed E-state index contributed by atoms with van der Waals surface area (Å²) in [5, 5.41) is 2.04. The van der Waals surface area contributed by atoms with Crippen LogP contribution in [0.15, 0.2) is 0 Å². The maximum atomic E-state index is 11.9. The lowest BCUT2D eigenvalue weighted by Crippen LogP contribution is -2.40. The molecule has 0 aromatic rings. The molecule has 0 amide bonds. The first kappa shape index (κ1) is 15.5. The summed E-state index contributed by atoms with van der Waals surface area (Å²) in [7, 11) is 0. The Bertz CT molecular complexity index is 188. The molecule has 0 aliphatic carbocycles. The number of hydrogen-bond acceptors (Lipinski definition) is 2. The molecule has 0 saturated heterocycles. The highest BCUT2D eigenvalue weighted by Gasteiger charge is 2.30. The highest BCUT2D eigenvalue weighted by Crippen LogP contribution is 2.16. The van der Waals surface area contributed by atoms with Crippen molar-refractivity contribution in [2.45, 2.75) is 19.3 Å². The standard InChI is InChI=1S/C8H14F6N2/c1-2-16(6-8(12,13)14)4-3-15-5-7(9,10)11/h15H,2-6H2,1H3. The molecule has 0 radical (unpaired) electrons. The van der Waals surface area contributed by atoms with Crippen LogP contribution in [0.2, 0.25) is 0 Å². The molecule has 0 unspecified atom stereocenters. The zero-order valence-corrected chi connectivity index (χ0v) is 8.75. The van der Waals surface area contributed by atoms with E-state index in [0.717, 1.165) is 4.90 Å². The molecule has 2 nitrogen and oxygen atoms in total. The first-order chi connectivity index (χ1) is 7.14. The summed E-state index contributed by atoms with van der Waals surface area (Å²) in [5.74, 6) is 0. The number of rotatable bonds is 6. The summed E-state index contributed by atoms with van der Waals surface area (Å²) in [6, 6.07) is 0. The summed E-state index contributed by atoms with van der Waals surface area (Å²) in [5.41, 5.74) is 0. The van der Waals surface area contributed by atoms with Gasteiger partial charge in [0.15, 0.2) is 0 Å². The summed E-state index contributed by atoms with van der Waals surface area (Å²) in [6.07, 6.45) is -8.65. The van der Waals surface area contributed by atoms with Crippen LogP contribution < -0.4 is 5.32 Å². The molecule has 0 bridgehead atoms. The van der Waals surface area contributed by atoms with Crippen LogP contribution >= 0.6 is 0 Å². The number of nitrogens with zero attached hydrogens (tertiary/aromatic N) is 1. The lowest BCUT2D eigenvalue weighted by Gasteiger charge is -2.22. The van der Waals surface area contributed by atoms with Gasteiger partial charge < -0.3 is 5.32 Å². The van der Waals surface area contributed by atoms with Crippen LogP contribution in [0.3, 0.4) is 0 Å². The van der Waals surface area contributed by atoms with Crippen molar-refractivity contribution in [1.82, 2.24) is 10.2 Å². The van der Waals surface area contributed by atoms with Gasteiger partial charge in [0.05, 0.1) is 13.1 Å². The highest BCUT2D eigenvalue weighted by molar-refractivity contribution is 4.64. The second-order valence-electron chi connectivity index (χ2n) is 3.28. The van der Waals surface area contributed by atoms with E-state index in [1.54, 1.807) is 0 Å². The van der Waals surface area contributed by atoms with Crippen molar-refractivity contribution in [2.24, 2.45) is 0 Å². The van der Waals surface area contributed by atoms with Gasteiger partial charge in [0.2, 0.25) is 0 Å². The van der Waals surface area contributed by atoms with E-state index in [2.05, 4.69) is 0 Å². The minimum Gasteiger partial charge on any atom is -0.307 e. The van der Waals surface area contributed by atoms with Crippen LogP contribution in [-0.4, -0.2) is 50.0 Å². The molecule has 0 fully saturated rings. The molecule has 0 rings (SSSR count). The number of hydrogen-bond donors (Lipinski definition) is 1. The van der Waals surface area contributed by atoms with Gasteiger partial charge in [-0.3, -0.25) is 4.90 Å². The van der Waals surface area contributed by atoms with Gasteiger partial charge in [-0.15, -0.1) is 0 Å². The number of nitrogens with one attached hydrogen (secondary N) is 1. The third-order valence-electron chi connectivity index (χ3n) is 1.78. The molecule has 0 heterocycles. The molecule has 98 valence electrons. The van der Waals surface area contributed by atoms with E-state index < -0.39 is 25.4 Å². The van der Waals surface area contributed by atoms with Crippen molar-refractivity contribution in [3.63, 3.8) is 0 Å². The largest absolute Gasteiger partial charge is 0.401 e. The molecule has 0 aromatic carbocycles. The molecular formula is C8H14F6N2. The van der Waals surface area contributed by atoms with E-state index in [-0.39, 0.29) is 19.6 Å². The van der Waals surface area contributed by atoms with E-state index >= 15 is 0 Å². The minimum atomic E-state index is -4.33. The average molecular weight is 252 g/mol. The molecule has 16 heavy (non-hydrogen) atoms. The van der Waals surface area contributed by atoms with Crippen LogP contribution in [0.25, 0.3) is 0 Å². The molecule has 0 aliphatic rings. The lowest BCUT2D eigenvalue weighted by atomic mass is 10.4. The minimum absolute atomic E-state index is 0.0634. The van der Waals surface area contributed by atoms with Gasteiger partial charge in [-0.25, -0.2) is 0 Å². The van der Waals surface area contributed by atoms with Gasteiger partial charge in [-0.1, -0.05) is 6.92 Å². The predicted octanol–water partition coefficient (Wildman–Crippen LogP) is 2.02. The number of halogens is 6. The van der Waals surface area contributed by atoms with Gasteiger partial charge >= 0.3 is 12.4 Å². The van der Waals surface area contributed by atoms with Gasteiger partial charge in [-0.05, 0) is 6.54 Å². The fraction of sp³-hybridized carbons (Fsp3) is 1.00. The summed E-state index contributed by atoms with van der Waals surface area (Å²) in [6.45, 7) is -0.800. The average Bonchev–Trinajstić information content (AvgIpc) is 2.06. The maximum Gasteiger partial charge on any atom is 0.401 e. The maximum absolute atomic E-state index is 11.9. The first-order valence-corrected chi connectivity index (χ1v) is 4.70. The van der Waals surface area contributed by atoms with E-state index in [1.807, 2.05) is 5.32 Å². The summed E-state index contributed by atoms with van der Waals surface area (Å²) >= 11 is 0. The van der Waals surface area contributed by atoms with Gasteiger partial charge in [0.1, 0.15) is 0 Å². The molecule has 0 saturated carbocycles. The number of likely N-dealkylation sites (N-methyl/N-ethyl adjacent to an activating group) is 1. The van der Waals surface area contributed by atoms with Crippen LogP contribution in [0.4, 0.5) is 26.3 Å². The molecule has 1 N–H and O–H groups in total. The second-order valence-corrected chi connectivity index (χ2v) is 3.28. The molecule has 8 heteroatoms. The molecule has 0 spiro atoms. The third-order valence-corrected chi connectivity index (χ3v) is 1.78.